The molecule has 0 fully saturated rings. The van der Waals surface area contributed by atoms with Crippen LogP contribution in [-0.4, -0.2) is 28.8 Å². The summed E-state index contributed by atoms with van der Waals surface area (Å²) in [6.07, 6.45) is 0.271. The second-order valence-electron chi connectivity index (χ2n) is 5.85. The minimum Gasteiger partial charge on any atom is -0.406 e. The van der Waals surface area contributed by atoms with E-state index in [0.717, 1.165) is 16.6 Å². The molecule has 0 saturated heterocycles. The highest BCUT2D eigenvalue weighted by atomic mass is 19.4. The molecule has 3 aromatic rings. The van der Waals surface area contributed by atoms with Crippen LogP contribution >= 0.6 is 0 Å². The maximum absolute atomic E-state index is 12.1. The molecule has 0 atom stereocenters. The van der Waals surface area contributed by atoms with Crippen LogP contribution in [0.25, 0.3) is 17.1 Å². The molecule has 8 heteroatoms. The molecule has 1 amide bonds. The number of halogens is 3. The fourth-order valence-corrected chi connectivity index (χ4v) is 2.46. The van der Waals surface area contributed by atoms with E-state index < -0.39 is 6.36 Å². The van der Waals surface area contributed by atoms with Crippen LogP contribution in [0, 0.1) is 0 Å². The molecule has 2 aromatic carbocycles. The van der Waals surface area contributed by atoms with Crippen LogP contribution in [0.3, 0.4) is 0 Å². The molecule has 144 valence electrons. The van der Waals surface area contributed by atoms with E-state index in [0.29, 0.717) is 18.7 Å². The summed E-state index contributed by atoms with van der Waals surface area (Å²) in [6, 6.07) is 12.9. The lowest BCUT2D eigenvalue weighted by molar-refractivity contribution is -0.274. The molecule has 28 heavy (non-hydrogen) atoms. The van der Waals surface area contributed by atoms with Gasteiger partial charge in [0, 0.05) is 12.6 Å². The molecule has 5 nitrogen and oxygen atoms in total. The van der Waals surface area contributed by atoms with E-state index in [4.69, 9.17) is 0 Å². The molecule has 0 spiro atoms. The highest BCUT2D eigenvalue weighted by Gasteiger charge is 2.30. The van der Waals surface area contributed by atoms with Crippen LogP contribution in [0.4, 0.5) is 13.2 Å². The zero-order chi connectivity index (χ0) is 20.0. The molecule has 0 aliphatic carbocycles. The number of aromatic nitrogens is 2. The largest absolute Gasteiger partial charge is 0.573 e. The average molecular weight is 387 g/mol. The molecule has 0 bridgehead atoms. The summed E-state index contributed by atoms with van der Waals surface area (Å²) in [6.45, 7) is 0.339. The highest BCUT2D eigenvalue weighted by molar-refractivity contribution is 5.91. The van der Waals surface area contributed by atoms with Gasteiger partial charge in [-0.15, -0.1) is 13.2 Å². The molecule has 1 heterocycles. The summed E-state index contributed by atoms with van der Waals surface area (Å²) in [5.41, 5.74) is 2.85. The molecule has 1 aromatic heterocycles. The van der Waals surface area contributed by atoms with Crippen LogP contribution in [0.5, 0.6) is 5.75 Å². The Morgan fingerprint density at radius 1 is 1.07 bits per heavy atom. The van der Waals surface area contributed by atoms with Gasteiger partial charge in [-0.3, -0.25) is 9.78 Å². The van der Waals surface area contributed by atoms with Gasteiger partial charge in [-0.25, -0.2) is 4.98 Å². The molecule has 0 aliphatic heterocycles. The summed E-state index contributed by atoms with van der Waals surface area (Å²) >= 11 is 0. The fourth-order valence-electron chi connectivity index (χ4n) is 2.46. The number of rotatable bonds is 6. The first-order valence-corrected chi connectivity index (χ1v) is 8.41. The van der Waals surface area contributed by atoms with Crippen molar-refractivity contribution in [2.24, 2.45) is 0 Å². The molecule has 0 aliphatic rings. The molecule has 0 unspecified atom stereocenters. The quantitative estimate of drug-likeness (QED) is 0.652. The number of fused-ring (bicyclic) bond motifs is 1. The van der Waals surface area contributed by atoms with Crippen molar-refractivity contribution < 1.29 is 22.7 Å². The first-order valence-electron chi connectivity index (χ1n) is 8.41. The van der Waals surface area contributed by atoms with Crippen LogP contribution in [0.2, 0.25) is 0 Å². The topological polar surface area (TPSA) is 64.1 Å². The SMILES string of the molecule is O=C(/C=C/c1cnc2ccccc2n1)NCCc1ccc(OC(F)(F)F)cc1. The number of para-hydroxylation sites is 2. The summed E-state index contributed by atoms with van der Waals surface area (Å²) in [7, 11) is 0. The Morgan fingerprint density at radius 3 is 2.50 bits per heavy atom. The summed E-state index contributed by atoms with van der Waals surface area (Å²) in [5.74, 6) is -0.577. The lowest BCUT2D eigenvalue weighted by Crippen LogP contribution is -2.23. The minimum absolute atomic E-state index is 0.278. The molecular weight excluding hydrogens is 371 g/mol. The molecule has 3 rings (SSSR count). The minimum atomic E-state index is -4.71. The Kier molecular flexibility index (Phi) is 5.88. The first kappa shape index (κ1) is 19.3. The van der Waals surface area contributed by atoms with E-state index in [-0.39, 0.29) is 11.7 Å². The van der Waals surface area contributed by atoms with Crippen molar-refractivity contribution in [2.45, 2.75) is 12.8 Å². The van der Waals surface area contributed by atoms with Gasteiger partial charge in [-0.2, -0.15) is 0 Å². The van der Waals surface area contributed by atoms with E-state index >= 15 is 0 Å². The number of hydrogen-bond donors (Lipinski definition) is 1. The molecule has 0 radical (unpaired) electrons. The lowest BCUT2D eigenvalue weighted by Gasteiger charge is -2.09. The second-order valence-corrected chi connectivity index (χ2v) is 5.85. The van der Waals surface area contributed by atoms with Gasteiger partial charge in [-0.05, 0) is 42.3 Å². The van der Waals surface area contributed by atoms with Crippen LogP contribution in [0.15, 0.2) is 60.8 Å². The summed E-state index contributed by atoms with van der Waals surface area (Å²) in [4.78, 5) is 20.5. The van der Waals surface area contributed by atoms with E-state index in [9.17, 15) is 18.0 Å². The van der Waals surface area contributed by atoms with Crippen molar-refractivity contribution in [3.63, 3.8) is 0 Å². The predicted octanol–water partition coefficient (Wildman–Crippen LogP) is 3.90. The van der Waals surface area contributed by atoms with Crippen molar-refractivity contribution >= 4 is 23.0 Å². The van der Waals surface area contributed by atoms with Gasteiger partial charge in [0.1, 0.15) is 5.75 Å². The average Bonchev–Trinajstić information content (AvgIpc) is 2.66. The Balaban J connectivity index is 1.48. The predicted molar refractivity (Wildman–Crippen MR) is 98.4 cm³/mol. The van der Waals surface area contributed by atoms with Gasteiger partial charge >= 0.3 is 6.36 Å². The van der Waals surface area contributed by atoms with Gasteiger partial charge in [0.25, 0.3) is 0 Å². The third-order valence-corrected chi connectivity index (χ3v) is 3.74. The number of carbonyl (C=O) groups is 1. The van der Waals surface area contributed by atoms with E-state index in [2.05, 4.69) is 20.0 Å². The lowest BCUT2D eigenvalue weighted by atomic mass is 10.1. The van der Waals surface area contributed by atoms with Crippen molar-refractivity contribution in [3.05, 3.63) is 72.1 Å². The van der Waals surface area contributed by atoms with Crippen molar-refractivity contribution in [1.82, 2.24) is 15.3 Å². The van der Waals surface area contributed by atoms with Crippen molar-refractivity contribution in [1.29, 1.82) is 0 Å². The standard InChI is InChI=1S/C20H16F3N3O2/c21-20(22,23)28-16-8-5-14(6-9-16)11-12-24-19(27)10-7-15-13-25-17-3-1-2-4-18(17)26-15/h1-10,13H,11-12H2,(H,24,27)/b10-7+. The monoisotopic (exact) mass is 387 g/mol. The van der Waals surface area contributed by atoms with Gasteiger partial charge in [0.15, 0.2) is 0 Å². The molecule has 1 N–H and O–H groups in total. The van der Waals surface area contributed by atoms with Crippen LogP contribution in [0.1, 0.15) is 11.3 Å². The maximum Gasteiger partial charge on any atom is 0.573 e. The number of amides is 1. The third kappa shape index (κ3) is 5.80. The zero-order valence-corrected chi connectivity index (χ0v) is 14.6. The second kappa shape index (κ2) is 8.51. The fraction of sp³-hybridized carbons (Fsp3) is 0.150. The van der Waals surface area contributed by atoms with E-state index in [1.54, 1.807) is 12.3 Å². The van der Waals surface area contributed by atoms with Crippen molar-refractivity contribution in [2.75, 3.05) is 6.54 Å². The van der Waals surface area contributed by atoms with Gasteiger partial charge in [0.2, 0.25) is 5.91 Å². The number of hydrogen-bond acceptors (Lipinski definition) is 4. The van der Waals surface area contributed by atoms with Gasteiger partial charge in [-0.1, -0.05) is 24.3 Å². The van der Waals surface area contributed by atoms with Crippen LogP contribution < -0.4 is 10.1 Å². The Bertz CT molecular complexity index is 986. The number of nitrogens with one attached hydrogen (secondary N) is 1. The van der Waals surface area contributed by atoms with Crippen LogP contribution in [-0.2, 0) is 11.2 Å². The van der Waals surface area contributed by atoms with Gasteiger partial charge < -0.3 is 10.1 Å². The van der Waals surface area contributed by atoms with Gasteiger partial charge in [0.05, 0.1) is 22.9 Å². The van der Waals surface area contributed by atoms with Crippen molar-refractivity contribution in [3.8, 4) is 5.75 Å². The number of alkyl halides is 3. The highest BCUT2D eigenvalue weighted by Crippen LogP contribution is 2.22. The summed E-state index contributed by atoms with van der Waals surface area (Å²) in [5, 5.41) is 2.71. The molecular formula is C20H16F3N3O2. The Morgan fingerprint density at radius 2 is 1.79 bits per heavy atom. The smallest absolute Gasteiger partial charge is 0.406 e. The Labute approximate surface area is 158 Å². The maximum atomic E-state index is 12.1. The van der Waals surface area contributed by atoms with E-state index in [1.165, 1.54) is 30.3 Å². The molecule has 0 saturated carbocycles. The first-order chi connectivity index (χ1) is 13.4. The zero-order valence-electron chi connectivity index (χ0n) is 14.6. The third-order valence-electron chi connectivity index (χ3n) is 3.74. The van der Waals surface area contributed by atoms with E-state index in [1.807, 2.05) is 24.3 Å². The number of benzene rings is 2. The summed E-state index contributed by atoms with van der Waals surface area (Å²) < 4.78 is 40.2. The number of carbonyl (C=O) groups excluding carboxylic acids is 1. The number of nitrogens with zero attached hydrogens (tertiary/aromatic N) is 2. The number of ether oxygens (including phenoxy) is 1. The Hall–Kier alpha value is -3.42. The normalized spacial score (nSPS) is 11.7.